The summed E-state index contributed by atoms with van der Waals surface area (Å²) in [7, 11) is 1.53. The number of carbonyl (C=O) groups excluding carboxylic acids is 3. The third-order valence-electron chi connectivity index (χ3n) is 8.64. The summed E-state index contributed by atoms with van der Waals surface area (Å²) in [5, 5.41) is 20.5. The van der Waals surface area contributed by atoms with E-state index in [-0.39, 0.29) is 30.3 Å². The van der Waals surface area contributed by atoms with Crippen LogP contribution in [0.4, 0.5) is 0 Å². The molecular weight excluding hydrogens is 568 g/mol. The van der Waals surface area contributed by atoms with E-state index >= 15 is 0 Å². The Morgan fingerprint density at radius 3 is 2.42 bits per heavy atom. The van der Waals surface area contributed by atoms with Crippen LogP contribution in [0.3, 0.4) is 0 Å². The van der Waals surface area contributed by atoms with Crippen LogP contribution in [0.1, 0.15) is 56.7 Å². The summed E-state index contributed by atoms with van der Waals surface area (Å²) in [5.41, 5.74) is 3.08. The molecule has 2 aliphatic heterocycles. The Bertz CT molecular complexity index is 1270. The number of para-hydroxylation sites is 1. The van der Waals surface area contributed by atoms with Gasteiger partial charge in [0.25, 0.3) is 0 Å². The molecule has 2 heterocycles. The van der Waals surface area contributed by atoms with E-state index in [1.807, 2.05) is 32.0 Å². The molecule has 3 amide bonds. The number of nitrogens with one attached hydrogen (secondary N) is 3. The van der Waals surface area contributed by atoms with Gasteiger partial charge in [-0.15, -0.1) is 0 Å². The maximum absolute atomic E-state index is 13.9. The second kappa shape index (κ2) is 15.0. The van der Waals surface area contributed by atoms with Gasteiger partial charge in [0.1, 0.15) is 23.9 Å². The zero-order valence-electron chi connectivity index (χ0n) is 25.6. The van der Waals surface area contributed by atoms with Crippen LogP contribution in [0.2, 0.25) is 5.02 Å². The average Bonchev–Trinajstić information content (AvgIpc) is 2.99. The molecule has 6 atom stereocenters. The highest BCUT2D eigenvalue weighted by atomic mass is 35.5. The number of likely N-dealkylation sites (N-methyl/N-ethyl adjacent to an activating group) is 1. The first-order valence-corrected chi connectivity index (χ1v) is 15.7. The van der Waals surface area contributed by atoms with Gasteiger partial charge in [-0.3, -0.25) is 14.4 Å². The van der Waals surface area contributed by atoms with Crippen molar-refractivity contribution in [1.29, 1.82) is 0 Å². The van der Waals surface area contributed by atoms with Crippen LogP contribution >= 0.6 is 11.6 Å². The molecule has 0 saturated carbocycles. The van der Waals surface area contributed by atoms with Gasteiger partial charge in [0, 0.05) is 31.6 Å². The molecular formula is C33H45ClN4O5. The SMILES string of the molecule is CCC(C)[C@@H]1NCC2CCc3cccc(c3O2)CCCNC(=O)[C@@H](Cc2ccc(Cl)cc2)NC(=O)[C@H](C(C)O)N(C)C1=O. The fourth-order valence-electron chi connectivity index (χ4n) is 5.91. The van der Waals surface area contributed by atoms with Gasteiger partial charge in [-0.2, -0.15) is 0 Å². The Morgan fingerprint density at radius 1 is 1.05 bits per heavy atom. The monoisotopic (exact) mass is 612 g/mol. The van der Waals surface area contributed by atoms with Crippen molar-refractivity contribution in [3.8, 4) is 5.75 Å². The number of carbonyl (C=O) groups is 3. The number of aryl methyl sites for hydroxylation is 2. The van der Waals surface area contributed by atoms with Crippen molar-refractivity contribution in [2.24, 2.45) is 5.92 Å². The Kier molecular flexibility index (Phi) is 11.5. The maximum Gasteiger partial charge on any atom is 0.246 e. The van der Waals surface area contributed by atoms with E-state index in [2.05, 4.69) is 28.1 Å². The molecule has 0 saturated heterocycles. The highest BCUT2D eigenvalue weighted by molar-refractivity contribution is 6.30. The highest BCUT2D eigenvalue weighted by Gasteiger charge is 2.38. The van der Waals surface area contributed by atoms with Gasteiger partial charge in [-0.1, -0.05) is 62.2 Å². The van der Waals surface area contributed by atoms with Crippen molar-refractivity contribution in [3.05, 3.63) is 64.2 Å². The fourth-order valence-corrected chi connectivity index (χ4v) is 6.03. The number of benzene rings is 2. The summed E-state index contributed by atoms with van der Waals surface area (Å²) >= 11 is 6.06. The van der Waals surface area contributed by atoms with Crippen LogP contribution in [0, 0.1) is 5.92 Å². The Labute approximate surface area is 259 Å². The lowest BCUT2D eigenvalue weighted by Crippen LogP contribution is -2.61. The second-order valence-electron chi connectivity index (χ2n) is 11.9. The molecule has 0 aliphatic carbocycles. The van der Waals surface area contributed by atoms with Crippen molar-refractivity contribution < 1.29 is 24.2 Å². The van der Waals surface area contributed by atoms with E-state index < -0.39 is 30.1 Å². The summed E-state index contributed by atoms with van der Waals surface area (Å²) in [6.45, 7) is 6.38. The van der Waals surface area contributed by atoms with E-state index in [0.29, 0.717) is 24.5 Å². The number of aliphatic hydroxyl groups is 1. The first-order valence-electron chi connectivity index (χ1n) is 15.4. The molecule has 0 aromatic heterocycles. The molecule has 2 aromatic carbocycles. The number of amides is 3. The third kappa shape index (κ3) is 8.28. The average molecular weight is 613 g/mol. The van der Waals surface area contributed by atoms with Gasteiger partial charge >= 0.3 is 0 Å². The zero-order chi connectivity index (χ0) is 31.1. The lowest BCUT2D eigenvalue weighted by atomic mass is 9.95. The smallest absolute Gasteiger partial charge is 0.246 e. The molecule has 3 unspecified atom stereocenters. The maximum atomic E-state index is 13.9. The fraction of sp³-hybridized carbons (Fsp3) is 0.545. The largest absolute Gasteiger partial charge is 0.489 e. The van der Waals surface area contributed by atoms with Crippen molar-refractivity contribution in [3.63, 3.8) is 0 Å². The molecule has 0 spiro atoms. The van der Waals surface area contributed by atoms with E-state index in [1.54, 1.807) is 12.1 Å². The van der Waals surface area contributed by atoms with Crippen LogP contribution in [-0.2, 0) is 33.6 Å². The van der Waals surface area contributed by atoms with Crippen LogP contribution in [0.5, 0.6) is 5.75 Å². The normalized spacial score (nSPS) is 25.4. The topological polar surface area (TPSA) is 120 Å². The van der Waals surface area contributed by atoms with Crippen molar-refractivity contribution in [1.82, 2.24) is 20.9 Å². The Balaban J connectivity index is 1.66. The number of hydrogen-bond donors (Lipinski definition) is 4. The minimum absolute atomic E-state index is 0.0341. The first-order chi connectivity index (χ1) is 20.6. The van der Waals surface area contributed by atoms with Gasteiger partial charge in [-0.05, 0) is 67.3 Å². The zero-order valence-corrected chi connectivity index (χ0v) is 26.3. The molecule has 10 heteroatoms. The number of rotatable bonds is 5. The summed E-state index contributed by atoms with van der Waals surface area (Å²) in [6, 6.07) is 10.6. The van der Waals surface area contributed by atoms with Gasteiger partial charge in [0.05, 0.1) is 12.1 Å². The van der Waals surface area contributed by atoms with E-state index in [9.17, 15) is 19.5 Å². The lowest BCUT2D eigenvalue weighted by molar-refractivity contribution is -0.146. The van der Waals surface area contributed by atoms with Gasteiger partial charge in [-0.25, -0.2) is 0 Å². The number of nitrogens with zero attached hydrogens (tertiary/aromatic N) is 1. The summed E-state index contributed by atoms with van der Waals surface area (Å²) in [4.78, 5) is 42.4. The molecule has 9 nitrogen and oxygen atoms in total. The van der Waals surface area contributed by atoms with Crippen LogP contribution in [0.25, 0.3) is 0 Å². The molecule has 0 fully saturated rings. The second-order valence-corrected chi connectivity index (χ2v) is 12.3. The van der Waals surface area contributed by atoms with E-state index in [4.69, 9.17) is 16.3 Å². The molecule has 2 bridgehead atoms. The number of ether oxygens (including phenoxy) is 1. The van der Waals surface area contributed by atoms with Crippen LogP contribution < -0.4 is 20.7 Å². The van der Waals surface area contributed by atoms with E-state index in [0.717, 1.165) is 42.6 Å². The van der Waals surface area contributed by atoms with Crippen LogP contribution in [-0.4, -0.2) is 78.2 Å². The lowest BCUT2D eigenvalue weighted by Gasteiger charge is -2.36. The van der Waals surface area contributed by atoms with E-state index in [1.165, 1.54) is 24.4 Å². The summed E-state index contributed by atoms with van der Waals surface area (Å²) < 4.78 is 6.48. The minimum Gasteiger partial charge on any atom is -0.489 e. The number of hydrogen-bond acceptors (Lipinski definition) is 6. The van der Waals surface area contributed by atoms with Crippen LogP contribution in [0.15, 0.2) is 42.5 Å². The molecule has 2 aromatic rings. The Morgan fingerprint density at radius 2 is 1.74 bits per heavy atom. The standard InChI is InChI=1S/C33H45ClN4O5/c1-5-20(2)28-33(42)38(4)29(21(3)39)32(41)37-27(18-22-11-14-25(34)15-12-22)31(40)35-17-7-10-23-8-6-9-24-13-16-26(19-36-28)43-30(23)24/h6,8-9,11-12,14-15,20-21,26-29,36,39H,5,7,10,13,16-19H2,1-4H3,(H,35,40)(H,37,41)/t20?,21?,26?,27-,28+,29+/m1/s1. The minimum atomic E-state index is -1.19. The summed E-state index contributed by atoms with van der Waals surface area (Å²) in [6.07, 6.45) is 2.80. The molecule has 0 radical (unpaired) electrons. The first kappa shape index (κ1) is 32.8. The molecule has 43 heavy (non-hydrogen) atoms. The number of halogens is 1. The van der Waals surface area contributed by atoms with Gasteiger partial charge in [0.15, 0.2) is 0 Å². The highest BCUT2D eigenvalue weighted by Crippen LogP contribution is 2.32. The summed E-state index contributed by atoms with van der Waals surface area (Å²) in [5.74, 6) is -0.367. The van der Waals surface area contributed by atoms with Gasteiger partial charge in [0.2, 0.25) is 17.7 Å². The third-order valence-corrected chi connectivity index (χ3v) is 8.89. The van der Waals surface area contributed by atoms with Crippen molar-refractivity contribution >= 4 is 29.3 Å². The predicted molar refractivity (Wildman–Crippen MR) is 167 cm³/mol. The number of fused-ring (bicyclic) bond motifs is 1. The predicted octanol–water partition coefficient (Wildman–Crippen LogP) is 3.04. The molecule has 4 rings (SSSR count). The number of aliphatic hydroxyl groups excluding tert-OH is 1. The molecule has 4 N–H and O–H groups in total. The molecule has 234 valence electrons. The van der Waals surface area contributed by atoms with Gasteiger partial charge < -0.3 is 30.7 Å². The van der Waals surface area contributed by atoms with Crippen molar-refractivity contribution in [2.75, 3.05) is 20.1 Å². The Hall–Kier alpha value is -3.14. The quantitative estimate of drug-likeness (QED) is 0.412. The van der Waals surface area contributed by atoms with Crippen molar-refractivity contribution in [2.45, 2.75) is 89.6 Å². The molecule has 2 aliphatic rings.